The number of nitrogens with one attached hydrogen (secondary N) is 2. The maximum Gasteiger partial charge on any atom is 0.315 e. The predicted molar refractivity (Wildman–Crippen MR) is 87.1 cm³/mol. The molecule has 1 heterocycles. The first kappa shape index (κ1) is 14.9. The quantitative estimate of drug-likeness (QED) is 0.890. The number of rotatable bonds is 5. The van der Waals surface area contributed by atoms with E-state index in [9.17, 15) is 4.79 Å². The van der Waals surface area contributed by atoms with E-state index in [1.54, 1.807) is 6.20 Å². The zero-order chi connectivity index (χ0) is 15.4. The molecule has 1 saturated carbocycles. The van der Waals surface area contributed by atoms with Crippen LogP contribution in [0.15, 0.2) is 48.8 Å². The molecule has 0 saturated heterocycles. The highest BCUT2D eigenvalue weighted by Crippen LogP contribution is 2.41. The van der Waals surface area contributed by atoms with Crippen LogP contribution in [-0.4, -0.2) is 23.6 Å². The Hall–Kier alpha value is -2.07. The molecule has 0 radical (unpaired) electrons. The first-order valence-corrected chi connectivity index (χ1v) is 7.79. The van der Waals surface area contributed by atoms with Gasteiger partial charge < -0.3 is 10.6 Å². The fraction of sp³-hybridized carbons (Fsp3) is 0.294. The maximum absolute atomic E-state index is 11.9. The van der Waals surface area contributed by atoms with Crippen LogP contribution in [0.3, 0.4) is 0 Å². The van der Waals surface area contributed by atoms with E-state index in [-0.39, 0.29) is 12.1 Å². The number of benzene rings is 1. The number of hydrogen-bond donors (Lipinski definition) is 2. The number of urea groups is 1. The third-order valence-corrected chi connectivity index (χ3v) is 4.04. The summed E-state index contributed by atoms with van der Waals surface area (Å²) in [5, 5.41) is 6.62. The Labute approximate surface area is 134 Å². The van der Waals surface area contributed by atoms with Crippen LogP contribution in [0.25, 0.3) is 0 Å². The Morgan fingerprint density at radius 1 is 1.32 bits per heavy atom. The number of amides is 2. The smallest absolute Gasteiger partial charge is 0.315 e. The number of halogens is 1. The lowest BCUT2D eigenvalue weighted by Gasteiger charge is -2.07. The van der Waals surface area contributed by atoms with Gasteiger partial charge >= 0.3 is 6.03 Å². The van der Waals surface area contributed by atoms with Crippen LogP contribution in [-0.2, 0) is 6.42 Å². The summed E-state index contributed by atoms with van der Waals surface area (Å²) in [5.74, 6) is 0.378. The minimum atomic E-state index is -0.113. The van der Waals surface area contributed by atoms with E-state index < -0.39 is 0 Å². The highest BCUT2D eigenvalue weighted by molar-refractivity contribution is 6.30. The fourth-order valence-electron chi connectivity index (χ4n) is 2.55. The summed E-state index contributed by atoms with van der Waals surface area (Å²) in [6.07, 6.45) is 5.31. The van der Waals surface area contributed by atoms with Gasteiger partial charge in [-0.2, -0.15) is 0 Å². The Morgan fingerprint density at radius 2 is 2.23 bits per heavy atom. The summed E-state index contributed by atoms with van der Waals surface area (Å²) in [7, 11) is 0. The van der Waals surface area contributed by atoms with Crippen LogP contribution in [0.1, 0.15) is 23.5 Å². The molecule has 2 N–H and O–H groups in total. The molecule has 1 aromatic heterocycles. The lowest BCUT2D eigenvalue weighted by atomic mass is 10.1. The van der Waals surface area contributed by atoms with Crippen LogP contribution in [0.5, 0.6) is 0 Å². The van der Waals surface area contributed by atoms with Crippen molar-refractivity contribution in [1.29, 1.82) is 0 Å². The lowest BCUT2D eigenvalue weighted by molar-refractivity contribution is 0.240. The molecule has 1 aliphatic rings. The molecular weight excluding hydrogens is 298 g/mol. The van der Waals surface area contributed by atoms with Crippen molar-refractivity contribution >= 4 is 17.6 Å². The van der Waals surface area contributed by atoms with Crippen LogP contribution >= 0.6 is 11.6 Å². The van der Waals surface area contributed by atoms with Gasteiger partial charge in [0.2, 0.25) is 0 Å². The van der Waals surface area contributed by atoms with E-state index >= 15 is 0 Å². The molecule has 1 aliphatic carbocycles. The van der Waals surface area contributed by atoms with Crippen LogP contribution in [0, 0.1) is 0 Å². The first-order chi connectivity index (χ1) is 10.7. The highest BCUT2D eigenvalue weighted by Gasteiger charge is 2.39. The Morgan fingerprint density at radius 3 is 3.00 bits per heavy atom. The first-order valence-electron chi connectivity index (χ1n) is 7.41. The summed E-state index contributed by atoms with van der Waals surface area (Å²) >= 11 is 5.99. The minimum absolute atomic E-state index is 0.113. The standard InChI is InChI=1S/C17H18ClN3O/c18-14-5-1-4-13(9-14)15-10-16(15)21-17(22)20-8-6-12-3-2-7-19-11-12/h1-5,7,9,11,15-16H,6,8,10H2,(H2,20,21,22)/t15-,16+/m0/s1. The fourth-order valence-corrected chi connectivity index (χ4v) is 2.74. The van der Waals surface area contributed by atoms with Crippen LogP contribution < -0.4 is 10.6 Å². The average Bonchev–Trinajstić information content (AvgIpc) is 3.27. The molecule has 0 unspecified atom stereocenters. The largest absolute Gasteiger partial charge is 0.338 e. The van der Waals surface area contributed by atoms with Crippen molar-refractivity contribution in [2.75, 3.05) is 6.54 Å². The summed E-state index contributed by atoms with van der Waals surface area (Å²) in [6, 6.07) is 11.8. The molecule has 22 heavy (non-hydrogen) atoms. The number of aromatic nitrogens is 1. The minimum Gasteiger partial charge on any atom is -0.338 e. The molecule has 5 heteroatoms. The van der Waals surface area contributed by atoms with Gasteiger partial charge in [-0.25, -0.2) is 4.79 Å². The summed E-state index contributed by atoms with van der Waals surface area (Å²) in [4.78, 5) is 15.9. The van der Waals surface area contributed by atoms with Gasteiger partial charge in [-0.15, -0.1) is 0 Å². The molecule has 1 aromatic carbocycles. The number of hydrogen-bond acceptors (Lipinski definition) is 2. The second kappa shape index (κ2) is 6.79. The Kier molecular flexibility index (Phi) is 4.59. The molecular formula is C17H18ClN3O. The summed E-state index contributed by atoms with van der Waals surface area (Å²) in [6.45, 7) is 0.603. The van der Waals surface area contributed by atoms with Crippen molar-refractivity contribution in [3.05, 3.63) is 64.9 Å². The third-order valence-electron chi connectivity index (χ3n) is 3.81. The highest BCUT2D eigenvalue weighted by atomic mass is 35.5. The van der Waals surface area contributed by atoms with Gasteiger partial charge in [0.25, 0.3) is 0 Å². The van der Waals surface area contributed by atoms with E-state index in [1.807, 2.05) is 36.5 Å². The second-order valence-corrected chi connectivity index (χ2v) is 5.95. The van der Waals surface area contributed by atoms with Crippen molar-refractivity contribution in [3.63, 3.8) is 0 Å². The van der Waals surface area contributed by atoms with E-state index in [4.69, 9.17) is 11.6 Å². The van der Waals surface area contributed by atoms with Crippen molar-refractivity contribution < 1.29 is 4.79 Å². The van der Waals surface area contributed by atoms with E-state index in [2.05, 4.69) is 21.7 Å². The molecule has 3 rings (SSSR count). The molecule has 1 fully saturated rings. The predicted octanol–water partition coefficient (Wildman–Crippen LogP) is 3.13. The summed E-state index contributed by atoms with van der Waals surface area (Å²) in [5.41, 5.74) is 2.30. The Bertz CT molecular complexity index is 647. The number of nitrogens with zero attached hydrogens (tertiary/aromatic N) is 1. The van der Waals surface area contributed by atoms with Crippen molar-refractivity contribution in [3.8, 4) is 0 Å². The van der Waals surface area contributed by atoms with Crippen LogP contribution in [0.2, 0.25) is 5.02 Å². The van der Waals surface area contributed by atoms with Crippen LogP contribution in [0.4, 0.5) is 4.79 Å². The lowest BCUT2D eigenvalue weighted by Crippen LogP contribution is -2.38. The zero-order valence-corrected chi connectivity index (χ0v) is 12.9. The average molecular weight is 316 g/mol. The summed E-state index contributed by atoms with van der Waals surface area (Å²) < 4.78 is 0. The molecule has 0 spiro atoms. The molecule has 2 amide bonds. The van der Waals surface area contributed by atoms with Crippen molar-refractivity contribution in [2.24, 2.45) is 0 Å². The van der Waals surface area contributed by atoms with Gasteiger partial charge in [0.05, 0.1) is 0 Å². The van der Waals surface area contributed by atoms with Gasteiger partial charge in [-0.3, -0.25) is 4.98 Å². The normalized spacial score (nSPS) is 19.5. The molecule has 2 atom stereocenters. The van der Waals surface area contributed by atoms with Gasteiger partial charge in [-0.05, 0) is 42.2 Å². The topological polar surface area (TPSA) is 54.0 Å². The van der Waals surface area contributed by atoms with Gasteiger partial charge in [0.15, 0.2) is 0 Å². The van der Waals surface area contributed by atoms with E-state index in [0.717, 1.165) is 23.4 Å². The monoisotopic (exact) mass is 315 g/mol. The van der Waals surface area contributed by atoms with Gasteiger partial charge in [0.1, 0.15) is 0 Å². The third kappa shape index (κ3) is 3.98. The van der Waals surface area contributed by atoms with Crippen molar-refractivity contribution in [1.82, 2.24) is 15.6 Å². The molecule has 114 valence electrons. The van der Waals surface area contributed by atoms with Gasteiger partial charge in [0, 0.05) is 35.9 Å². The Balaban J connectivity index is 1.40. The number of carbonyl (C=O) groups is 1. The molecule has 2 aromatic rings. The van der Waals surface area contributed by atoms with E-state index in [1.165, 1.54) is 5.56 Å². The second-order valence-electron chi connectivity index (χ2n) is 5.52. The molecule has 0 bridgehead atoms. The maximum atomic E-state index is 11.9. The van der Waals surface area contributed by atoms with Gasteiger partial charge in [-0.1, -0.05) is 29.8 Å². The molecule has 0 aliphatic heterocycles. The number of carbonyl (C=O) groups excluding carboxylic acids is 1. The number of pyridine rings is 1. The SMILES string of the molecule is O=C(NCCc1cccnc1)N[C@@H]1C[C@H]1c1cccc(Cl)c1. The van der Waals surface area contributed by atoms with E-state index in [0.29, 0.717) is 12.5 Å². The molecule has 4 nitrogen and oxygen atoms in total. The zero-order valence-electron chi connectivity index (χ0n) is 12.1. The van der Waals surface area contributed by atoms with Crippen molar-refractivity contribution in [2.45, 2.75) is 24.8 Å².